The maximum Gasteiger partial charge on any atom is 0.251 e. The molecule has 4 rings (SSSR count). The van der Waals surface area contributed by atoms with Gasteiger partial charge in [-0.25, -0.2) is 0 Å². The standard InChI is InChI=1S/C20H22N2O2/c23-20-19-6-5-17(13-18(19)7-8-21-20)16-3-1-15(2-4-16)14-22-9-11-24-12-10-22/h1-6,13H,7-12,14H2,(H,21,23). The van der Waals surface area contributed by atoms with Crippen molar-refractivity contribution in [3.8, 4) is 11.1 Å². The molecule has 2 aliphatic heterocycles. The maximum absolute atomic E-state index is 11.8. The SMILES string of the molecule is O=C1NCCc2cc(-c3ccc(CN4CCOCC4)cc3)ccc21. The van der Waals surface area contributed by atoms with Crippen molar-refractivity contribution in [1.82, 2.24) is 10.2 Å². The van der Waals surface area contributed by atoms with Gasteiger partial charge in [-0.2, -0.15) is 0 Å². The third kappa shape index (κ3) is 3.21. The molecular weight excluding hydrogens is 300 g/mol. The summed E-state index contributed by atoms with van der Waals surface area (Å²) in [5, 5.41) is 2.89. The first-order valence-corrected chi connectivity index (χ1v) is 8.60. The highest BCUT2D eigenvalue weighted by atomic mass is 16.5. The molecule has 0 bridgehead atoms. The number of amides is 1. The van der Waals surface area contributed by atoms with E-state index in [-0.39, 0.29) is 5.91 Å². The second kappa shape index (κ2) is 6.75. The summed E-state index contributed by atoms with van der Waals surface area (Å²) >= 11 is 0. The second-order valence-electron chi connectivity index (χ2n) is 6.46. The number of hydrogen-bond donors (Lipinski definition) is 1. The minimum Gasteiger partial charge on any atom is -0.379 e. The van der Waals surface area contributed by atoms with Crippen molar-refractivity contribution in [1.29, 1.82) is 0 Å². The Balaban J connectivity index is 1.51. The summed E-state index contributed by atoms with van der Waals surface area (Å²) in [6.45, 7) is 5.40. The molecule has 1 fully saturated rings. The summed E-state index contributed by atoms with van der Waals surface area (Å²) in [4.78, 5) is 14.3. The highest BCUT2D eigenvalue weighted by Crippen LogP contribution is 2.25. The highest BCUT2D eigenvalue weighted by Gasteiger charge is 2.17. The Kier molecular flexibility index (Phi) is 4.32. The number of fused-ring (bicyclic) bond motifs is 1. The van der Waals surface area contributed by atoms with Crippen LogP contribution in [-0.4, -0.2) is 43.7 Å². The summed E-state index contributed by atoms with van der Waals surface area (Å²) in [5.41, 5.74) is 5.68. The zero-order valence-electron chi connectivity index (χ0n) is 13.8. The Labute approximate surface area is 142 Å². The Morgan fingerprint density at radius 3 is 2.54 bits per heavy atom. The predicted octanol–water partition coefficient (Wildman–Crippen LogP) is 2.47. The van der Waals surface area contributed by atoms with Crippen LogP contribution in [0.2, 0.25) is 0 Å². The van der Waals surface area contributed by atoms with Crippen LogP contribution in [0.4, 0.5) is 0 Å². The van der Waals surface area contributed by atoms with Crippen molar-refractivity contribution in [2.75, 3.05) is 32.8 Å². The van der Waals surface area contributed by atoms with Crippen LogP contribution in [0, 0.1) is 0 Å². The number of rotatable bonds is 3. The normalized spacial score (nSPS) is 18.1. The van der Waals surface area contributed by atoms with E-state index in [4.69, 9.17) is 4.74 Å². The van der Waals surface area contributed by atoms with Crippen LogP contribution < -0.4 is 5.32 Å². The average Bonchev–Trinajstić information content (AvgIpc) is 2.63. The fourth-order valence-corrected chi connectivity index (χ4v) is 3.43. The lowest BCUT2D eigenvalue weighted by atomic mass is 9.94. The highest BCUT2D eigenvalue weighted by molar-refractivity contribution is 5.97. The molecule has 0 radical (unpaired) electrons. The molecule has 1 N–H and O–H groups in total. The van der Waals surface area contributed by atoms with E-state index in [1.807, 2.05) is 12.1 Å². The molecule has 24 heavy (non-hydrogen) atoms. The molecule has 2 heterocycles. The van der Waals surface area contributed by atoms with Crippen LogP contribution in [0.1, 0.15) is 21.5 Å². The molecule has 0 atom stereocenters. The van der Waals surface area contributed by atoms with Gasteiger partial charge in [-0.15, -0.1) is 0 Å². The smallest absolute Gasteiger partial charge is 0.251 e. The first-order chi connectivity index (χ1) is 11.8. The van der Waals surface area contributed by atoms with Gasteiger partial charge in [0.25, 0.3) is 5.91 Å². The van der Waals surface area contributed by atoms with Crippen molar-refractivity contribution >= 4 is 5.91 Å². The van der Waals surface area contributed by atoms with Gasteiger partial charge < -0.3 is 10.1 Å². The zero-order chi connectivity index (χ0) is 16.4. The molecular formula is C20H22N2O2. The van der Waals surface area contributed by atoms with E-state index in [9.17, 15) is 4.79 Å². The fraction of sp³-hybridized carbons (Fsp3) is 0.350. The van der Waals surface area contributed by atoms with Crippen LogP contribution >= 0.6 is 0 Å². The van der Waals surface area contributed by atoms with Gasteiger partial charge in [0, 0.05) is 31.7 Å². The van der Waals surface area contributed by atoms with E-state index >= 15 is 0 Å². The molecule has 0 spiro atoms. The molecule has 0 aliphatic carbocycles. The summed E-state index contributed by atoms with van der Waals surface area (Å²) < 4.78 is 5.40. The van der Waals surface area contributed by atoms with Crippen molar-refractivity contribution in [3.05, 3.63) is 59.2 Å². The number of hydrogen-bond acceptors (Lipinski definition) is 3. The minimum atomic E-state index is 0.0451. The number of ether oxygens (including phenoxy) is 1. The molecule has 2 aliphatic rings. The number of carbonyl (C=O) groups excluding carboxylic acids is 1. The van der Waals surface area contributed by atoms with Gasteiger partial charge >= 0.3 is 0 Å². The molecule has 4 nitrogen and oxygen atoms in total. The van der Waals surface area contributed by atoms with Gasteiger partial charge in [-0.3, -0.25) is 9.69 Å². The summed E-state index contributed by atoms with van der Waals surface area (Å²) in [6.07, 6.45) is 0.907. The van der Waals surface area contributed by atoms with E-state index in [0.29, 0.717) is 0 Å². The van der Waals surface area contributed by atoms with Gasteiger partial charge in [0.05, 0.1) is 13.2 Å². The molecule has 0 unspecified atom stereocenters. The molecule has 0 saturated carbocycles. The molecule has 0 aromatic heterocycles. The maximum atomic E-state index is 11.8. The lowest BCUT2D eigenvalue weighted by Gasteiger charge is -2.26. The molecule has 2 aromatic rings. The third-order valence-corrected chi connectivity index (χ3v) is 4.83. The van der Waals surface area contributed by atoms with Crippen LogP contribution in [0.25, 0.3) is 11.1 Å². The van der Waals surface area contributed by atoms with Crippen molar-refractivity contribution in [3.63, 3.8) is 0 Å². The summed E-state index contributed by atoms with van der Waals surface area (Å²) in [6, 6.07) is 14.9. The van der Waals surface area contributed by atoms with Gasteiger partial charge in [-0.05, 0) is 34.7 Å². The quantitative estimate of drug-likeness (QED) is 0.944. The Morgan fingerprint density at radius 1 is 1.00 bits per heavy atom. The first-order valence-electron chi connectivity index (χ1n) is 8.60. The second-order valence-corrected chi connectivity index (χ2v) is 6.46. The molecule has 2 aromatic carbocycles. The van der Waals surface area contributed by atoms with Crippen molar-refractivity contribution in [2.24, 2.45) is 0 Å². The van der Waals surface area contributed by atoms with Crippen molar-refractivity contribution < 1.29 is 9.53 Å². The molecule has 1 amide bonds. The Hall–Kier alpha value is -2.17. The number of nitrogens with zero attached hydrogens (tertiary/aromatic N) is 1. The van der Waals surface area contributed by atoms with Gasteiger partial charge in [0.15, 0.2) is 0 Å². The van der Waals surface area contributed by atoms with Gasteiger partial charge in [0.2, 0.25) is 0 Å². The zero-order valence-corrected chi connectivity index (χ0v) is 13.8. The third-order valence-electron chi connectivity index (χ3n) is 4.83. The number of benzene rings is 2. The molecule has 124 valence electrons. The number of morpholine rings is 1. The van der Waals surface area contributed by atoms with Gasteiger partial charge in [-0.1, -0.05) is 36.4 Å². The minimum absolute atomic E-state index is 0.0451. The number of carbonyl (C=O) groups is 1. The largest absolute Gasteiger partial charge is 0.379 e. The van der Waals surface area contributed by atoms with Crippen molar-refractivity contribution in [2.45, 2.75) is 13.0 Å². The van der Waals surface area contributed by atoms with Crippen LogP contribution in [0.15, 0.2) is 42.5 Å². The van der Waals surface area contributed by atoms with Gasteiger partial charge in [0.1, 0.15) is 0 Å². The number of nitrogens with one attached hydrogen (secondary N) is 1. The monoisotopic (exact) mass is 322 g/mol. The van der Waals surface area contributed by atoms with E-state index in [1.54, 1.807) is 0 Å². The predicted molar refractivity (Wildman–Crippen MR) is 94.0 cm³/mol. The van der Waals surface area contributed by atoms with Crippen LogP contribution in [-0.2, 0) is 17.7 Å². The van der Waals surface area contributed by atoms with Crippen LogP contribution in [0.5, 0.6) is 0 Å². The Bertz CT molecular complexity index is 734. The topological polar surface area (TPSA) is 41.6 Å². The first kappa shape index (κ1) is 15.4. The average molecular weight is 322 g/mol. The van der Waals surface area contributed by atoms with E-state index in [2.05, 4.69) is 40.5 Å². The summed E-state index contributed by atoms with van der Waals surface area (Å²) in [5.74, 6) is 0.0451. The van der Waals surface area contributed by atoms with E-state index < -0.39 is 0 Å². The lowest BCUT2D eigenvalue weighted by molar-refractivity contribution is 0.0342. The Morgan fingerprint density at radius 2 is 1.75 bits per heavy atom. The van der Waals surface area contributed by atoms with E-state index in [1.165, 1.54) is 16.7 Å². The summed E-state index contributed by atoms with van der Waals surface area (Å²) in [7, 11) is 0. The van der Waals surface area contributed by atoms with E-state index in [0.717, 1.165) is 56.9 Å². The lowest BCUT2D eigenvalue weighted by Crippen LogP contribution is -2.35. The van der Waals surface area contributed by atoms with Crippen LogP contribution in [0.3, 0.4) is 0 Å². The molecule has 4 heteroatoms. The molecule has 1 saturated heterocycles. The fourth-order valence-electron chi connectivity index (χ4n) is 3.43.